The van der Waals surface area contributed by atoms with E-state index < -0.39 is 0 Å². The molecule has 1 nitrogen and oxygen atoms in total. The third-order valence-corrected chi connectivity index (χ3v) is 3.38. The third kappa shape index (κ3) is 3.44. The van der Waals surface area contributed by atoms with E-state index in [1.54, 1.807) is 0 Å². The lowest BCUT2D eigenvalue weighted by atomic mass is 9.98. The second kappa shape index (κ2) is 5.23. The molecular weight excluding hydrogens is 214 g/mol. The molecule has 2 heteroatoms. The number of alkyl halides is 1. The van der Waals surface area contributed by atoms with Crippen LogP contribution in [0.5, 0.6) is 0 Å². The Morgan fingerprint density at radius 1 is 1.33 bits per heavy atom. The van der Waals surface area contributed by atoms with Crippen molar-refractivity contribution in [2.24, 2.45) is 5.92 Å². The van der Waals surface area contributed by atoms with E-state index in [2.05, 4.69) is 34.7 Å². The minimum absolute atomic E-state index is 0.929. The zero-order chi connectivity index (χ0) is 8.97. The number of hydrogen-bond donors (Lipinski definition) is 0. The smallest absolute Gasteiger partial charge is 0.00606 e. The van der Waals surface area contributed by atoms with Gasteiger partial charge in [0.15, 0.2) is 0 Å². The molecule has 1 heterocycles. The van der Waals surface area contributed by atoms with Gasteiger partial charge in [0.2, 0.25) is 0 Å². The summed E-state index contributed by atoms with van der Waals surface area (Å²) in [6.07, 6.45) is 2.75. The Balaban J connectivity index is 2.17. The highest BCUT2D eigenvalue weighted by atomic mass is 79.9. The molecule has 0 saturated carbocycles. The Hall–Kier alpha value is 0.440. The van der Waals surface area contributed by atoms with Gasteiger partial charge in [-0.15, -0.1) is 0 Å². The van der Waals surface area contributed by atoms with E-state index >= 15 is 0 Å². The highest BCUT2D eigenvalue weighted by molar-refractivity contribution is 9.09. The molecule has 0 spiro atoms. The van der Waals surface area contributed by atoms with Gasteiger partial charge in [-0.1, -0.05) is 29.8 Å². The van der Waals surface area contributed by atoms with Gasteiger partial charge in [-0.05, 0) is 37.8 Å². The van der Waals surface area contributed by atoms with Crippen LogP contribution < -0.4 is 0 Å². The Kier molecular flexibility index (Phi) is 4.59. The van der Waals surface area contributed by atoms with Crippen molar-refractivity contribution >= 4 is 15.9 Å². The van der Waals surface area contributed by atoms with Gasteiger partial charge in [-0.2, -0.15) is 0 Å². The summed E-state index contributed by atoms with van der Waals surface area (Å²) in [7, 11) is 0. The first kappa shape index (κ1) is 10.5. The normalized spacial score (nSPS) is 22.0. The quantitative estimate of drug-likeness (QED) is 0.677. The number of likely N-dealkylation sites (tertiary alicyclic amines) is 1. The standard InChI is InChI=1S/C10H19BrN/c1-9(2)8-12-5-3-10(7-11)4-6-12/h10H,3-8H2,1-2H3. The molecule has 0 amide bonds. The summed E-state index contributed by atoms with van der Waals surface area (Å²) < 4.78 is 0. The molecule has 1 fully saturated rings. The molecule has 12 heavy (non-hydrogen) atoms. The fourth-order valence-electron chi connectivity index (χ4n) is 1.75. The van der Waals surface area contributed by atoms with E-state index in [4.69, 9.17) is 0 Å². The molecule has 0 bridgehead atoms. The van der Waals surface area contributed by atoms with Gasteiger partial charge >= 0.3 is 0 Å². The number of piperidine rings is 1. The molecule has 0 N–H and O–H groups in total. The fraction of sp³-hybridized carbons (Fsp3) is 0.900. The Labute approximate surface area is 84.6 Å². The van der Waals surface area contributed by atoms with Crippen molar-refractivity contribution in [2.45, 2.75) is 26.7 Å². The maximum absolute atomic E-state index is 3.56. The first-order chi connectivity index (χ1) is 5.72. The van der Waals surface area contributed by atoms with Gasteiger partial charge < -0.3 is 4.90 Å². The minimum atomic E-state index is 0.929. The molecule has 71 valence electrons. The van der Waals surface area contributed by atoms with Crippen molar-refractivity contribution in [1.29, 1.82) is 0 Å². The van der Waals surface area contributed by atoms with Crippen LogP contribution in [-0.2, 0) is 0 Å². The Morgan fingerprint density at radius 3 is 2.33 bits per heavy atom. The molecule has 0 aromatic carbocycles. The zero-order valence-electron chi connectivity index (χ0n) is 8.15. The van der Waals surface area contributed by atoms with Gasteiger partial charge in [-0.3, -0.25) is 0 Å². The fourth-order valence-corrected chi connectivity index (χ4v) is 2.39. The van der Waals surface area contributed by atoms with Crippen LogP contribution in [0.15, 0.2) is 0 Å². The summed E-state index contributed by atoms with van der Waals surface area (Å²) in [5.41, 5.74) is 0. The van der Waals surface area contributed by atoms with Gasteiger partial charge in [0.1, 0.15) is 0 Å². The van der Waals surface area contributed by atoms with Gasteiger partial charge in [-0.25, -0.2) is 0 Å². The summed E-state index contributed by atoms with van der Waals surface area (Å²) in [6, 6.07) is 0. The number of halogens is 1. The lowest BCUT2D eigenvalue weighted by Gasteiger charge is -2.31. The average molecular weight is 233 g/mol. The van der Waals surface area contributed by atoms with Crippen LogP contribution >= 0.6 is 15.9 Å². The van der Waals surface area contributed by atoms with E-state index in [1.807, 2.05) is 0 Å². The van der Waals surface area contributed by atoms with Crippen molar-refractivity contribution in [3.8, 4) is 0 Å². The first-order valence-electron chi connectivity index (χ1n) is 4.79. The lowest BCUT2D eigenvalue weighted by molar-refractivity contribution is 0.202. The van der Waals surface area contributed by atoms with Crippen LogP contribution in [-0.4, -0.2) is 29.9 Å². The monoisotopic (exact) mass is 232 g/mol. The number of hydrogen-bond acceptors (Lipinski definition) is 1. The summed E-state index contributed by atoms with van der Waals surface area (Å²) in [5.74, 6) is 2.46. The summed E-state index contributed by atoms with van der Waals surface area (Å²) in [4.78, 5) is 2.56. The van der Waals surface area contributed by atoms with Crippen LogP contribution in [0.2, 0.25) is 0 Å². The summed E-state index contributed by atoms with van der Waals surface area (Å²) in [6.45, 7) is 8.23. The minimum Gasteiger partial charge on any atom is -0.303 e. The van der Waals surface area contributed by atoms with Crippen molar-refractivity contribution in [3.63, 3.8) is 0 Å². The molecular formula is C10H19BrN. The highest BCUT2D eigenvalue weighted by Gasteiger charge is 2.18. The Bertz CT molecular complexity index is 117. The number of nitrogens with zero attached hydrogens (tertiary/aromatic N) is 1. The van der Waals surface area contributed by atoms with Gasteiger partial charge in [0.05, 0.1) is 0 Å². The number of rotatable bonds is 3. The molecule has 1 rings (SSSR count). The maximum Gasteiger partial charge on any atom is 0.00606 e. The molecule has 0 unspecified atom stereocenters. The van der Waals surface area contributed by atoms with E-state index in [9.17, 15) is 0 Å². The largest absolute Gasteiger partial charge is 0.303 e. The molecule has 1 aliphatic rings. The van der Waals surface area contributed by atoms with Crippen LogP contribution in [0.1, 0.15) is 26.7 Å². The predicted molar refractivity (Wildman–Crippen MR) is 57.5 cm³/mol. The third-order valence-electron chi connectivity index (χ3n) is 2.47. The SMILES string of the molecule is C[C](C)CN1CCC(CBr)CC1. The molecule has 0 aromatic heterocycles. The van der Waals surface area contributed by atoms with Gasteiger partial charge in [0.25, 0.3) is 0 Å². The topological polar surface area (TPSA) is 3.24 Å². The van der Waals surface area contributed by atoms with Gasteiger partial charge in [0, 0.05) is 11.9 Å². The maximum atomic E-state index is 3.56. The van der Waals surface area contributed by atoms with E-state index in [-0.39, 0.29) is 0 Å². The summed E-state index contributed by atoms with van der Waals surface area (Å²) >= 11 is 3.56. The molecule has 1 saturated heterocycles. The van der Waals surface area contributed by atoms with E-state index in [0.717, 1.165) is 5.92 Å². The van der Waals surface area contributed by atoms with E-state index in [1.165, 1.54) is 43.7 Å². The highest BCUT2D eigenvalue weighted by Crippen LogP contribution is 2.19. The Morgan fingerprint density at radius 2 is 1.92 bits per heavy atom. The van der Waals surface area contributed by atoms with Crippen LogP contribution in [0, 0.1) is 11.8 Å². The second-order valence-corrected chi connectivity index (χ2v) is 4.73. The van der Waals surface area contributed by atoms with Crippen LogP contribution in [0.3, 0.4) is 0 Å². The lowest BCUT2D eigenvalue weighted by Crippen LogP contribution is -2.36. The van der Waals surface area contributed by atoms with Crippen LogP contribution in [0.4, 0.5) is 0 Å². The second-order valence-electron chi connectivity index (χ2n) is 4.08. The molecule has 0 atom stereocenters. The van der Waals surface area contributed by atoms with Crippen molar-refractivity contribution in [1.82, 2.24) is 4.90 Å². The zero-order valence-corrected chi connectivity index (χ0v) is 9.73. The first-order valence-corrected chi connectivity index (χ1v) is 5.92. The van der Waals surface area contributed by atoms with Crippen LogP contribution in [0.25, 0.3) is 0 Å². The molecule has 0 aliphatic carbocycles. The summed E-state index contributed by atoms with van der Waals surface area (Å²) in [5, 5.41) is 1.19. The average Bonchev–Trinajstić information content (AvgIpc) is 2.05. The predicted octanol–water partition coefficient (Wildman–Crippen LogP) is 2.71. The van der Waals surface area contributed by atoms with Crippen molar-refractivity contribution < 1.29 is 0 Å². The molecule has 1 aliphatic heterocycles. The molecule has 1 radical (unpaired) electrons. The van der Waals surface area contributed by atoms with E-state index in [0.29, 0.717) is 0 Å². The van der Waals surface area contributed by atoms with Crippen molar-refractivity contribution in [2.75, 3.05) is 25.0 Å². The molecule has 0 aromatic rings. The van der Waals surface area contributed by atoms with Crippen molar-refractivity contribution in [3.05, 3.63) is 5.92 Å².